The Bertz CT molecular complexity index is 474. The first kappa shape index (κ1) is 16.3. The van der Waals surface area contributed by atoms with Crippen molar-refractivity contribution in [1.29, 1.82) is 5.41 Å². The lowest BCUT2D eigenvalue weighted by atomic mass is 10.1. The van der Waals surface area contributed by atoms with E-state index in [1.165, 1.54) is 12.0 Å². The molecule has 0 aliphatic carbocycles. The number of rotatable bonds is 6. The molecule has 0 radical (unpaired) electrons. The van der Waals surface area contributed by atoms with E-state index in [0.717, 1.165) is 0 Å². The predicted molar refractivity (Wildman–Crippen MR) is 71.0 cm³/mol. The lowest BCUT2D eigenvalue weighted by molar-refractivity contribution is -0.146. The largest absolute Gasteiger partial charge is 0.496 e. The molecule has 0 aromatic heterocycles. The first-order valence-electron chi connectivity index (χ1n) is 6.07. The molecule has 0 aliphatic rings. The molecule has 1 aromatic rings. The molecular formula is C13H18F3N3O. The maximum absolute atomic E-state index is 12.4. The van der Waals surface area contributed by atoms with Gasteiger partial charge in [0.2, 0.25) is 0 Å². The van der Waals surface area contributed by atoms with E-state index in [4.69, 9.17) is 15.9 Å². The summed E-state index contributed by atoms with van der Waals surface area (Å²) in [5.74, 6) is 0.245. The number of benzene rings is 1. The second kappa shape index (κ2) is 6.60. The van der Waals surface area contributed by atoms with Crippen molar-refractivity contribution in [3.8, 4) is 5.75 Å². The molecule has 0 saturated carbocycles. The van der Waals surface area contributed by atoms with Crippen LogP contribution in [0.25, 0.3) is 0 Å². The van der Waals surface area contributed by atoms with Gasteiger partial charge in [-0.25, -0.2) is 0 Å². The van der Waals surface area contributed by atoms with Gasteiger partial charge in [-0.15, -0.1) is 0 Å². The highest BCUT2D eigenvalue weighted by molar-refractivity contribution is 5.97. The quantitative estimate of drug-likeness (QED) is 0.624. The lowest BCUT2D eigenvalue weighted by Crippen LogP contribution is -2.33. The average Bonchev–Trinajstić information content (AvgIpc) is 2.35. The van der Waals surface area contributed by atoms with Crippen molar-refractivity contribution in [3.05, 3.63) is 29.3 Å². The Morgan fingerprint density at radius 1 is 1.40 bits per heavy atom. The molecule has 3 N–H and O–H groups in total. The standard InChI is InChI=1S/C13H18F3N3O/c1-3-19(8-13(14,15)16)7-9-4-5-10(12(17)18)11(6-9)20-2/h4-6H,3,7-8H2,1-2H3,(H3,17,18). The number of alkyl halides is 3. The Kier molecular flexibility index (Phi) is 5.38. The molecule has 7 heteroatoms. The molecule has 0 atom stereocenters. The number of halogens is 3. The van der Waals surface area contributed by atoms with Crippen molar-refractivity contribution in [2.45, 2.75) is 19.6 Å². The zero-order chi connectivity index (χ0) is 15.3. The van der Waals surface area contributed by atoms with Gasteiger partial charge in [-0.1, -0.05) is 13.0 Å². The summed E-state index contributed by atoms with van der Waals surface area (Å²) < 4.78 is 42.3. The number of nitrogens with one attached hydrogen (secondary N) is 1. The number of amidine groups is 1. The molecule has 0 spiro atoms. The fourth-order valence-electron chi connectivity index (χ4n) is 1.85. The monoisotopic (exact) mass is 289 g/mol. The van der Waals surface area contributed by atoms with Crippen LogP contribution in [0.3, 0.4) is 0 Å². The smallest absolute Gasteiger partial charge is 0.401 e. The van der Waals surface area contributed by atoms with Gasteiger partial charge < -0.3 is 10.5 Å². The lowest BCUT2D eigenvalue weighted by Gasteiger charge is -2.22. The molecule has 0 amide bonds. The fraction of sp³-hybridized carbons (Fsp3) is 0.462. The van der Waals surface area contributed by atoms with E-state index >= 15 is 0 Å². The summed E-state index contributed by atoms with van der Waals surface area (Å²) >= 11 is 0. The van der Waals surface area contributed by atoms with Crippen molar-refractivity contribution in [2.24, 2.45) is 5.73 Å². The summed E-state index contributed by atoms with van der Waals surface area (Å²) in [5, 5.41) is 7.38. The summed E-state index contributed by atoms with van der Waals surface area (Å²) in [5.41, 5.74) is 6.50. The van der Waals surface area contributed by atoms with E-state index < -0.39 is 12.7 Å². The van der Waals surface area contributed by atoms with Gasteiger partial charge in [0, 0.05) is 6.54 Å². The SMILES string of the molecule is CCN(Cc1ccc(C(=N)N)c(OC)c1)CC(F)(F)F. The van der Waals surface area contributed by atoms with Gasteiger partial charge in [0.25, 0.3) is 0 Å². The number of nitrogens with two attached hydrogens (primary N) is 1. The molecular weight excluding hydrogens is 271 g/mol. The molecule has 0 saturated heterocycles. The van der Waals surface area contributed by atoms with Gasteiger partial charge in [0.15, 0.2) is 0 Å². The highest BCUT2D eigenvalue weighted by Gasteiger charge is 2.30. The second-order valence-electron chi connectivity index (χ2n) is 4.37. The summed E-state index contributed by atoms with van der Waals surface area (Å²) in [7, 11) is 1.43. The van der Waals surface area contributed by atoms with E-state index in [-0.39, 0.29) is 18.9 Å². The van der Waals surface area contributed by atoms with Gasteiger partial charge in [0.05, 0.1) is 19.2 Å². The normalized spacial score (nSPS) is 11.7. The first-order valence-corrected chi connectivity index (χ1v) is 6.07. The van der Waals surface area contributed by atoms with Crippen LogP contribution in [0.2, 0.25) is 0 Å². The Labute approximate surface area is 115 Å². The minimum absolute atomic E-state index is 0.143. The van der Waals surface area contributed by atoms with Crippen LogP contribution in [0, 0.1) is 5.41 Å². The summed E-state index contributed by atoms with van der Waals surface area (Å²) in [6, 6.07) is 4.84. The van der Waals surface area contributed by atoms with Gasteiger partial charge in [-0.05, 0) is 24.2 Å². The van der Waals surface area contributed by atoms with Gasteiger partial charge in [0.1, 0.15) is 11.6 Å². The van der Waals surface area contributed by atoms with Gasteiger partial charge in [-0.2, -0.15) is 13.2 Å². The van der Waals surface area contributed by atoms with Crippen LogP contribution in [0.15, 0.2) is 18.2 Å². The van der Waals surface area contributed by atoms with Crippen LogP contribution < -0.4 is 10.5 Å². The predicted octanol–water partition coefficient (Wildman–Crippen LogP) is 2.36. The van der Waals surface area contributed by atoms with Crippen LogP contribution >= 0.6 is 0 Å². The molecule has 112 valence electrons. The molecule has 0 unspecified atom stereocenters. The third kappa shape index (κ3) is 4.73. The number of hydrogen-bond donors (Lipinski definition) is 2. The van der Waals surface area contributed by atoms with Crippen molar-refractivity contribution in [3.63, 3.8) is 0 Å². The Morgan fingerprint density at radius 2 is 2.05 bits per heavy atom. The summed E-state index contributed by atoms with van der Waals surface area (Å²) in [4.78, 5) is 1.28. The summed E-state index contributed by atoms with van der Waals surface area (Å²) in [6.45, 7) is 1.16. The topological polar surface area (TPSA) is 62.3 Å². The Morgan fingerprint density at radius 3 is 2.50 bits per heavy atom. The van der Waals surface area contributed by atoms with Crippen LogP contribution in [0.1, 0.15) is 18.1 Å². The van der Waals surface area contributed by atoms with Gasteiger partial charge >= 0.3 is 6.18 Å². The second-order valence-corrected chi connectivity index (χ2v) is 4.37. The van der Waals surface area contributed by atoms with Crippen LogP contribution in [0.4, 0.5) is 13.2 Å². The van der Waals surface area contributed by atoms with Crippen molar-refractivity contribution >= 4 is 5.84 Å². The van der Waals surface area contributed by atoms with E-state index in [2.05, 4.69) is 0 Å². The molecule has 1 rings (SSSR count). The number of nitrogen functional groups attached to an aromatic ring is 1. The van der Waals surface area contributed by atoms with Crippen molar-refractivity contribution in [1.82, 2.24) is 4.90 Å². The van der Waals surface area contributed by atoms with E-state index in [0.29, 0.717) is 16.9 Å². The zero-order valence-electron chi connectivity index (χ0n) is 11.4. The minimum Gasteiger partial charge on any atom is -0.496 e. The minimum atomic E-state index is -4.22. The zero-order valence-corrected chi connectivity index (χ0v) is 11.4. The number of methoxy groups -OCH3 is 1. The molecule has 0 bridgehead atoms. The molecule has 4 nitrogen and oxygen atoms in total. The highest BCUT2D eigenvalue weighted by atomic mass is 19.4. The molecule has 20 heavy (non-hydrogen) atoms. The Balaban J connectivity index is 2.89. The van der Waals surface area contributed by atoms with Crippen LogP contribution in [-0.2, 0) is 6.54 Å². The molecule has 0 aliphatic heterocycles. The number of ether oxygens (including phenoxy) is 1. The molecule has 0 heterocycles. The highest BCUT2D eigenvalue weighted by Crippen LogP contribution is 2.22. The third-order valence-corrected chi connectivity index (χ3v) is 2.81. The van der Waals surface area contributed by atoms with E-state index in [1.807, 2.05) is 0 Å². The van der Waals surface area contributed by atoms with Gasteiger partial charge in [-0.3, -0.25) is 10.3 Å². The maximum atomic E-state index is 12.4. The first-order chi connectivity index (χ1) is 9.26. The Hall–Kier alpha value is -1.76. The fourth-order valence-corrected chi connectivity index (χ4v) is 1.85. The maximum Gasteiger partial charge on any atom is 0.401 e. The van der Waals surface area contributed by atoms with Crippen molar-refractivity contribution in [2.75, 3.05) is 20.2 Å². The van der Waals surface area contributed by atoms with E-state index in [1.54, 1.807) is 25.1 Å². The van der Waals surface area contributed by atoms with Crippen molar-refractivity contribution < 1.29 is 17.9 Å². The average molecular weight is 289 g/mol. The summed E-state index contributed by atoms with van der Waals surface area (Å²) in [6.07, 6.45) is -4.22. The number of nitrogens with zero attached hydrogens (tertiary/aromatic N) is 1. The number of hydrogen-bond acceptors (Lipinski definition) is 3. The molecule has 0 fully saturated rings. The van der Waals surface area contributed by atoms with Crippen LogP contribution in [-0.4, -0.2) is 37.1 Å². The third-order valence-electron chi connectivity index (χ3n) is 2.81. The van der Waals surface area contributed by atoms with E-state index in [9.17, 15) is 13.2 Å². The van der Waals surface area contributed by atoms with Crippen LogP contribution in [0.5, 0.6) is 5.75 Å². The molecule has 1 aromatic carbocycles.